The third kappa shape index (κ3) is 3.58. The summed E-state index contributed by atoms with van der Waals surface area (Å²) in [5.41, 5.74) is 8.89. The van der Waals surface area contributed by atoms with Gasteiger partial charge in [0.2, 0.25) is 0 Å². The van der Waals surface area contributed by atoms with Crippen molar-refractivity contribution in [3.05, 3.63) is 58.1 Å². The van der Waals surface area contributed by atoms with Gasteiger partial charge >= 0.3 is 0 Å². The first-order valence-electron chi connectivity index (χ1n) is 8.05. The van der Waals surface area contributed by atoms with E-state index in [4.69, 9.17) is 15.2 Å². The fraction of sp³-hybridized carbons (Fsp3) is 0.368. The summed E-state index contributed by atoms with van der Waals surface area (Å²) in [6.07, 6.45) is 0. The molecule has 1 fully saturated rings. The van der Waals surface area contributed by atoms with Gasteiger partial charge in [-0.15, -0.1) is 0 Å². The van der Waals surface area contributed by atoms with Gasteiger partial charge in [0, 0.05) is 36.1 Å². The van der Waals surface area contributed by atoms with Gasteiger partial charge in [-0.1, -0.05) is 46.3 Å². The van der Waals surface area contributed by atoms with E-state index in [1.54, 1.807) is 14.2 Å². The summed E-state index contributed by atoms with van der Waals surface area (Å²) < 4.78 is 11.8. The molecule has 0 unspecified atom stereocenters. The van der Waals surface area contributed by atoms with Gasteiger partial charge in [0.1, 0.15) is 0 Å². The molecule has 0 spiro atoms. The molecular weight excluding hydrogens is 368 g/mol. The molecule has 2 N–H and O–H groups in total. The van der Waals surface area contributed by atoms with E-state index in [-0.39, 0.29) is 6.04 Å². The molecule has 1 saturated heterocycles. The summed E-state index contributed by atoms with van der Waals surface area (Å²) >= 11 is 3.64. The molecule has 2 atom stereocenters. The Labute approximate surface area is 151 Å². The Kier molecular flexibility index (Phi) is 5.43. The second kappa shape index (κ2) is 7.55. The molecule has 0 aromatic heterocycles. The monoisotopic (exact) mass is 390 g/mol. The van der Waals surface area contributed by atoms with Crippen LogP contribution in [0.3, 0.4) is 0 Å². The predicted molar refractivity (Wildman–Crippen MR) is 99.7 cm³/mol. The van der Waals surface area contributed by atoms with E-state index >= 15 is 0 Å². The fourth-order valence-electron chi connectivity index (χ4n) is 3.35. The minimum absolute atomic E-state index is 0.159. The second-order valence-corrected chi connectivity index (χ2v) is 7.03. The molecule has 24 heavy (non-hydrogen) atoms. The number of halogens is 1. The predicted octanol–water partition coefficient (Wildman–Crippen LogP) is 3.39. The summed E-state index contributed by atoms with van der Waals surface area (Å²) in [5, 5.41) is 0. The molecule has 0 bridgehead atoms. The largest absolute Gasteiger partial charge is 0.493 e. The van der Waals surface area contributed by atoms with E-state index in [1.165, 1.54) is 11.1 Å². The number of rotatable bonds is 5. The van der Waals surface area contributed by atoms with Crippen LogP contribution in [0.1, 0.15) is 17.0 Å². The summed E-state index contributed by atoms with van der Waals surface area (Å²) in [6.45, 7) is 2.68. The first-order chi connectivity index (χ1) is 11.6. The molecule has 4 nitrogen and oxygen atoms in total. The Bertz CT molecular complexity index is 693. The normalized spacial score (nSPS) is 21.0. The van der Waals surface area contributed by atoms with Crippen LogP contribution in [0.4, 0.5) is 0 Å². The van der Waals surface area contributed by atoms with Crippen molar-refractivity contribution in [2.75, 3.05) is 27.3 Å². The van der Waals surface area contributed by atoms with Gasteiger partial charge < -0.3 is 15.2 Å². The van der Waals surface area contributed by atoms with Crippen molar-refractivity contribution in [3.8, 4) is 11.5 Å². The lowest BCUT2D eigenvalue weighted by atomic mass is 9.95. The van der Waals surface area contributed by atoms with Crippen LogP contribution in [0.25, 0.3) is 0 Å². The van der Waals surface area contributed by atoms with Gasteiger partial charge in [0.25, 0.3) is 0 Å². The van der Waals surface area contributed by atoms with Gasteiger partial charge in [-0.25, -0.2) is 0 Å². The highest BCUT2D eigenvalue weighted by molar-refractivity contribution is 9.10. The molecule has 0 amide bonds. The van der Waals surface area contributed by atoms with Gasteiger partial charge in [-0.05, 0) is 23.3 Å². The van der Waals surface area contributed by atoms with Gasteiger partial charge in [-0.3, -0.25) is 4.90 Å². The molecule has 1 aliphatic heterocycles. The zero-order chi connectivity index (χ0) is 17.1. The summed E-state index contributed by atoms with van der Waals surface area (Å²) in [7, 11) is 3.31. The number of likely N-dealkylation sites (tertiary alicyclic amines) is 1. The highest BCUT2D eigenvalue weighted by atomic mass is 79.9. The number of benzene rings is 2. The Morgan fingerprint density at radius 3 is 2.42 bits per heavy atom. The number of ether oxygens (including phenoxy) is 2. The molecule has 0 saturated carbocycles. The third-order valence-corrected chi connectivity index (χ3v) is 5.35. The van der Waals surface area contributed by atoms with Gasteiger partial charge in [0.05, 0.1) is 14.2 Å². The Morgan fingerprint density at radius 2 is 1.75 bits per heavy atom. The lowest BCUT2D eigenvalue weighted by molar-refractivity contribution is 0.320. The molecule has 2 aromatic rings. The lowest BCUT2D eigenvalue weighted by Gasteiger charge is -2.18. The van der Waals surface area contributed by atoms with Gasteiger partial charge in [-0.2, -0.15) is 0 Å². The van der Waals surface area contributed by atoms with Crippen LogP contribution in [0.15, 0.2) is 46.9 Å². The minimum atomic E-state index is 0.159. The van der Waals surface area contributed by atoms with E-state index in [0.29, 0.717) is 5.92 Å². The van der Waals surface area contributed by atoms with Crippen LogP contribution < -0.4 is 15.2 Å². The average Bonchev–Trinajstić information content (AvgIpc) is 2.97. The third-order valence-electron chi connectivity index (χ3n) is 4.61. The second-order valence-electron chi connectivity index (χ2n) is 6.17. The van der Waals surface area contributed by atoms with E-state index < -0.39 is 0 Å². The van der Waals surface area contributed by atoms with Gasteiger partial charge in [0.15, 0.2) is 11.5 Å². The average molecular weight is 391 g/mol. The Hall–Kier alpha value is -1.56. The summed E-state index contributed by atoms with van der Waals surface area (Å²) in [6, 6.07) is 14.7. The van der Waals surface area contributed by atoms with Crippen LogP contribution in [0, 0.1) is 0 Å². The number of nitrogens with two attached hydrogens (primary N) is 1. The minimum Gasteiger partial charge on any atom is -0.493 e. The van der Waals surface area contributed by atoms with Crippen LogP contribution in [-0.4, -0.2) is 38.3 Å². The number of nitrogens with zero attached hydrogens (tertiary/aromatic N) is 1. The zero-order valence-corrected chi connectivity index (χ0v) is 15.6. The fourth-order valence-corrected chi connectivity index (χ4v) is 3.80. The number of hydrogen-bond acceptors (Lipinski definition) is 4. The summed E-state index contributed by atoms with van der Waals surface area (Å²) in [5.74, 6) is 1.86. The van der Waals surface area contributed by atoms with E-state index in [1.807, 2.05) is 18.2 Å². The molecule has 5 heteroatoms. The van der Waals surface area contributed by atoms with Crippen molar-refractivity contribution in [2.45, 2.75) is 18.5 Å². The molecule has 3 rings (SSSR count). The maximum atomic E-state index is 6.40. The standard InChI is InChI=1S/C19H23BrN2O2/c1-23-18-8-14(16(20)9-19(18)24-2)10-22-11-15(17(21)12-22)13-6-4-3-5-7-13/h3-9,15,17H,10-12,21H2,1-2H3/t15-,17+/m0/s1. The highest BCUT2D eigenvalue weighted by Gasteiger charge is 2.31. The SMILES string of the molecule is COc1cc(Br)c(CN2C[C@@H](N)[C@H](c3ccccc3)C2)cc1OC. The smallest absolute Gasteiger partial charge is 0.161 e. The molecule has 128 valence electrons. The van der Waals surface area contributed by atoms with E-state index in [0.717, 1.165) is 35.6 Å². The van der Waals surface area contributed by atoms with E-state index in [2.05, 4.69) is 45.1 Å². The van der Waals surface area contributed by atoms with Crippen LogP contribution in [0.2, 0.25) is 0 Å². The maximum absolute atomic E-state index is 6.40. The van der Waals surface area contributed by atoms with Crippen molar-refractivity contribution >= 4 is 15.9 Å². The van der Waals surface area contributed by atoms with Crippen LogP contribution in [-0.2, 0) is 6.54 Å². The van der Waals surface area contributed by atoms with Crippen molar-refractivity contribution in [1.82, 2.24) is 4.90 Å². The molecular formula is C19H23BrN2O2. The quantitative estimate of drug-likeness (QED) is 0.849. The van der Waals surface area contributed by atoms with Crippen molar-refractivity contribution < 1.29 is 9.47 Å². The van der Waals surface area contributed by atoms with Crippen LogP contribution in [0.5, 0.6) is 11.5 Å². The molecule has 1 aliphatic rings. The molecule has 1 heterocycles. The highest BCUT2D eigenvalue weighted by Crippen LogP contribution is 2.35. The van der Waals surface area contributed by atoms with Crippen molar-refractivity contribution in [1.29, 1.82) is 0 Å². The first kappa shape index (κ1) is 17.3. The number of hydrogen-bond donors (Lipinski definition) is 1. The molecule has 0 aliphatic carbocycles. The number of methoxy groups -OCH3 is 2. The zero-order valence-electron chi connectivity index (χ0n) is 14.0. The first-order valence-corrected chi connectivity index (χ1v) is 8.85. The van der Waals surface area contributed by atoms with Crippen LogP contribution >= 0.6 is 15.9 Å². The topological polar surface area (TPSA) is 47.7 Å². The molecule has 2 aromatic carbocycles. The van der Waals surface area contributed by atoms with Crippen molar-refractivity contribution in [3.63, 3.8) is 0 Å². The van der Waals surface area contributed by atoms with Crippen molar-refractivity contribution in [2.24, 2.45) is 5.73 Å². The Balaban J connectivity index is 1.75. The lowest BCUT2D eigenvalue weighted by Crippen LogP contribution is -2.28. The van der Waals surface area contributed by atoms with E-state index in [9.17, 15) is 0 Å². The summed E-state index contributed by atoms with van der Waals surface area (Å²) in [4.78, 5) is 2.40. The maximum Gasteiger partial charge on any atom is 0.161 e. The Morgan fingerprint density at radius 1 is 1.08 bits per heavy atom. The molecule has 0 radical (unpaired) electrons.